The van der Waals surface area contributed by atoms with E-state index in [-0.39, 0.29) is 0 Å². The summed E-state index contributed by atoms with van der Waals surface area (Å²) in [5.41, 5.74) is 0. The number of nitrogens with one attached hydrogen (secondary N) is 1. The minimum atomic E-state index is -1.30. The van der Waals surface area contributed by atoms with Gasteiger partial charge in [0.2, 0.25) is 5.91 Å². The summed E-state index contributed by atoms with van der Waals surface area (Å²) in [5, 5.41) is 43.8. The first-order valence-electron chi connectivity index (χ1n) is 25.0. The second kappa shape index (κ2) is 46.3. The Kier molecular flexibility index (Phi) is 45.0. The van der Waals surface area contributed by atoms with Crippen LogP contribution in [0, 0.1) is 0 Å². The molecule has 6 nitrogen and oxygen atoms in total. The van der Waals surface area contributed by atoms with Crippen molar-refractivity contribution in [1.29, 1.82) is 0 Å². The number of allylic oxidation sites excluding steroid dienone is 8. The minimum Gasteiger partial charge on any atom is -0.394 e. The highest BCUT2D eigenvalue weighted by Crippen LogP contribution is 2.15. The van der Waals surface area contributed by atoms with Gasteiger partial charge in [0, 0.05) is 0 Å². The van der Waals surface area contributed by atoms with Gasteiger partial charge in [-0.15, -0.1) is 0 Å². The van der Waals surface area contributed by atoms with Crippen LogP contribution < -0.4 is 5.32 Å². The highest BCUT2D eigenvalue weighted by molar-refractivity contribution is 5.80. The van der Waals surface area contributed by atoms with E-state index in [1.165, 1.54) is 161 Å². The molecular formula is C52H97NO5. The molecule has 0 aliphatic rings. The summed E-state index contributed by atoms with van der Waals surface area (Å²) in [6.45, 7) is 4.04. The van der Waals surface area contributed by atoms with E-state index in [0.29, 0.717) is 19.3 Å². The number of amides is 1. The third kappa shape index (κ3) is 39.7. The van der Waals surface area contributed by atoms with Crippen LogP contribution in [0.25, 0.3) is 0 Å². The van der Waals surface area contributed by atoms with Gasteiger partial charge in [0.05, 0.1) is 18.8 Å². The Hall–Kier alpha value is -1.73. The molecule has 0 aliphatic heterocycles. The van der Waals surface area contributed by atoms with Crippen molar-refractivity contribution >= 4 is 5.91 Å². The van der Waals surface area contributed by atoms with Gasteiger partial charge in [-0.3, -0.25) is 4.79 Å². The van der Waals surface area contributed by atoms with Crippen LogP contribution in [0.3, 0.4) is 0 Å². The van der Waals surface area contributed by atoms with Gasteiger partial charge in [-0.2, -0.15) is 0 Å². The standard InChI is InChI=1S/C52H97NO5/c1-3-5-7-9-11-13-15-17-19-21-23-24-25-26-28-30-32-34-36-38-40-42-44-46-50(56)52(58)53-48(47-54)51(57)49(55)45-43-41-39-37-35-33-31-29-27-22-20-18-16-14-12-10-8-6-4-2/h18,20,26,28-29,31,37,39,48-51,54-57H,3-17,19,21-25,27,30,32-36,38,40-47H2,1-2H3,(H,53,58)/b20-18+,28-26-,31-29+,39-37+. The average Bonchev–Trinajstić information content (AvgIpc) is 3.23. The molecule has 0 saturated heterocycles. The fourth-order valence-electron chi connectivity index (χ4n) is 7.49. The van der Waals surface area contributed by atoms with Crippen LogP contribution in [0.5, 0.6) is 0 Å². The molecule has 340 valence electrons. The topological polar surface area (TPSA) is 110 Å². The highest BCUT2D eigenvalue weighted by Gasteiger charge is 2.28. The fourth-order valence-corrected chi connectivity index (χ4v) is 7.49. The van der Waals surface area contributed by atoms with Crippen molar-refractivity contribution in [3.63, 3.8) is 0 Å². The Bertz CT molecular complexity index is 961. The summed E-state index contributed by atoms with van der Waals surface area (Å²) >= 11 is 0. The molecule has 0 saturated carbocycles. The van der Waals surface area contributed by atoms with Crippen LogP contribution in [-0.2, 0) is 4.79 Å². The zero-order valence-electron chi connectivity index (χ0n) is 38.3. The minimum absolute atomic E-state index is 0.353. The molecule has 4 atom stereocenters. The number of hydrogen-bond donors (Lipinski definition) is 5. The van der Waals surface area contributed by atoms with Crippen molar-refractivity contribution in [1.82, 2.24) is 5.32 Å². The van der Waals surface area contributed by atoms with Gasteiger partial charge >= 0.3 is 0 Å². The third-order valence-corrected chi connectivity index (χ3v) is 11.5. The summed E-state index contributed by atoms with van der Waals surface area (Å²) in [7, 11) is 0. The van der Waals surface area contributed by atoms with Crippen molar-refractivity contribution in [2.45, 2.75) is 269 Å². The summed E-state index contributed by atoms with van der Waals surface area (Å²) in [6, 6.07) is -1.01. The predicted molar refractivity (Wildman–Crippen MR) is 251 cm³/mol. The smallest absolute Gasteiger partial charge is 0.249 e. The molecule has 0 heterocycles. The molecule has 0 radical (unpaired) electrons. The number of hydrogen-bond acceptors (Lipinski definition) is 5. The lowest BCUT2D eigenvalue weighted by Gasteiger charge is -2.27. The van der Waals surface area contributed by atoms with Crippen molar-refractivity contribution in [3.05, 3.63) is 48.6 Å². The van der Waals surface area contributed by atoms with E-state index in [4.69, 9.17) is 0 Å². The van der Waals surface area contributed by atoms with E-state index in [9.17, 15) is 25.2 Å². The van der Waals surface area contributed by atoms with E-state index in [0.717, 1.165) is 51.4 Å². The van der Waals surface area contributed by atoms with Crippen LogP contribution in [-0.4, -0.2) is 57.3 Å². The van der Waals surface area contributed by atoms with Gasteiger partial charge in [0.25, 0.3) is 0 Å². The van der Waals surface area contributed by atoms with Crippen molar-refractivity contribution in [2.24, 2.45) is 0 Å². The van der Waals surface area contributed by atoms with Crippen LogP contribution in [0.2, 0.25) is 0 Å². The third-order valence-electron chi connectivity index (χ3n) is 11.5. The van der Waals surface area contributed by atoms with Crippen LogP contribution in [0.15, 0.2) is 48.6 Å². The summed E-state index contributed by atoms with van der Waals surface area (Å²) in [5.74, 6) is -0.603. The molecule has 0 aliphatic carbocycles. The Balaban J connectivity index is 3.77. The van der Waals surface area contributed by atoms with Crippen LogP contribution >= 0.6 is 0 Å². The van der Waals surface area contributed by atoms with E-state index >= 15 is 0 Å². The van der Waals surface area contributed by atoms with Gasteiger partial charge in [-0.05, 0) is 89.9 Å². The number of aliphatic hydroxyl groups is 4. The molecule has 5 N–H and O–H groups in total. The quantitative estimate of drug-likeness (QED) is 0.0311. The fraction of sp³-hybridized carbons (Fsp3) is 0.827. The zero-order valence-corrected chi connectivity index (χ0v) is 38.3. The lowest BCUT2D eigenvalue weighted by Crippen LogP contribution is -2.53. The number of carbonyl (C=O) groups excluding carboxylic acids is 1. The van der Waals surface area contributed by atoms with E-state index < -0.39 is 36.9 Å². The van der Waals surface area contributed by atoms with Crippen LogP contribution in [0.4, 0.5) is 0 Å². The monoisotopic (exact) mass is 816 g/mol. The predicted octanol–water partition coefficient (Wildman–Crippen LogP) is 13.9. The molecule has 0 spiro atoms. The first-order chi connectivity index (χ1) is 28.5. The molecule has 6 heteroatoms. The zero-order chi connectivity index (χ0) is 42.4. The van der Waals surface area contributed by atoms with Gasteiger partial charge in [0.1, 0.15) is 12.2 Å². The molecule has 0 fully saturated rings. The molecule has 1 amide bonds. The maximum Gasteiger partial charge on any atom is 0.249 e. The van der Waals surface area contributed by atoms with Gasteiger partial charge in [0.15, 0.2) is 0 Å². The van der Waals surface area contributed by atoms with E-state index in [1.807, 2.05) is 0 Å². The second-order valence-corrected chi connectivity index (χ2v) is 17.1. The number of unbranched alkanes of at least 4 members (excludes halogenated alkanes) is 28. The Morgan fingerprint density at radius 3 is 1.09 bits per heavy atom. The number of rotatable bonds is 45. The molecule has 0 aromatic heterocycles. The molecule has 0 bridgehead atoms. The summed E-state index contributed by atoms with van der Waals surface area (Å²) < 4.78 is 0. The lowest BCUT2D eigenvalue weighted by molar-refractivity contribution is -0.132. The van der Waals surface area contributed by atoms with E-state index in [2.05, 4.69) is 67.8 Å². The Morgan fingerprint density at radius 1 is 0.414 bits per heavy atom. The van der Waals surface area contributed by atoms with Crippen LogP contribution in [0.1, 0.15) is 245 Å². The molecular weight excluding hydrogens is 719 g/mol. The normalized spacial score (nSPS) is 14.4. The molecule has 58 heavy (non-hydrogen) atoms. The maximum atomic E-state index is 12.5. The van der Waals surface area contributed by atoms with Gasteiger partial charge < -0.3 is 25.7 Å². The second-order valence-electron chi connectivity index (χ2n) is 17.1. The van der Waals surface area contributed by atoms with E-state index in [1.54, 1.807) is 0 Å². The largest absolute Gasteiger partial charge is 0.394 e. The molecule has 0 aromatic carbocycles. The Morgan fingerprint density at radius 2 is 0.724 bits per heavy atom. The van der Waals surface area contributed by atoms with Gasteiger partial charge in [-0.1, -0.05) is 204 Å². The highest BCUT2D eigenvalue weighted by atomic mass is 16.3. The number of carbonyl (C=O) groups is 1. The first-order valence-corrected chi connectivity index (χ1v) is 25.0. The van der Waals surface area contributed by atoms with Crippen molar-refractivity contribution in [2.75, 3.05) is 6.61 Å². The summed E-state index contributed by atoms with van der Waals surface area (Å²) in [6.07, 6.45) is 57.2. The first kappa shape index (κ1) is 56.3. The number of aliphatic hydroxyl groups excluding tert-OH is 4. The molecule has 4 unspecified atom stereocenters. The average molecular weight is 816 g/mol. The van der Waals surface area contributed by atoms with Crippen molar-refractivity contribution < 1.29 is 25.2 Å². The summed E-state index contributed by atoms with van der Waals surface area (Å²) in [4.78, 5) is 12.5. The lowest BCUT2D eigenvalue weighted by atomic mass is 10.00. The molecule has 0 rings (SSSR count). The SMILES string of the molecule is CCCCCCCC/C=C/CC/C=C/CC/C=C/CCCC(O)C(O)C(CO)NC(=O)C(O)CCCCCCCCC/C=C\CCCCCCCCCCCCCC. The van der Waals surface area contributed by atoms with Gasteiger partial charge in [-0.25, -0.2) is 0 Å². The van der Waals surface area contributed by atoms with Crippen molar-refractivity contribution in [3.8, 4) is 0 Å². The maximum absolute atomic E-state index is 12.5. The Labute approximate surface area is 359 Å². The molecule has 0 aromatic rings.